The molecule has 0 saturated heterocycles. The third kappa shape index (κ3) is 3.57. The summed E-state index contributed by atoms with van der Waals surface area (Å²) in [6.45, 7) is -0.462. The van der Waals surface area contributed by atoms with Crippen molar-refractivity contribution in [2.75, 3.05) is 6.61 Å². The van der Waals surface area contributed by atoms with Gasteiger partial charge in [-0.15, -0.1) is 0 Å². The summed E-state index contributed by atoms with van der Waals surface area (Å²) in [6, 6.07) is 0. The van der Waals surface area contributed by atoms with Crippen LogP contribution in [0.4, 0.5) is 13.2 Å². The summed E-state index contributed by atoms with van der Waals surface area (Å²) in [5.41, 5.74) is -0.984. The van der Waals surface area contributed by atoms with Crippen molar-refractivity contribution in [3.05, 3.63) is 6.61 Å². The van der Waals surface area contributed by atoms with E-state index in [9.17, 15) is 13.2 Å². The highest BCUT2D eigenvalue weighted by Crippen LogP contribution is 2.35. The molecule has 65 valence electrons. The van der Waals surface area contributed by atoms with Crippen molar-refractivity contribution in [2.24, 2.45) is 0 Å². The summed E-state index contributed by atoms with van der Waals surface area (Å²) in [5, 5.41) is 9.01. The molecule has 0 aromatic heterocycles. The van der Waals surface area contributed by atoms with E-state index < -0.39 is 11.8 Å². The molecule has 1 aliphatic rings. The fourth-order valence-corrected chi connectivity index (χ4v) is 0.580. The molecule has 0 aromatic rings. The van der Waals surface area contributed by atoms with E-state index in [0.29, 0.717) is 12.8 Å². The topological polar surface area (TPSA) is 29.5 Å². The molecule has 1 aliphatic carbocycles. The number of aliphatic hydroxyl groups is 1. The molecule has 0 unspecified atom stereocenters. The minimum Gasteiger partial charge on any atom is -0.387 e. The summed E-state index contributed by atoms with van der Waals surface area (Å²) in [4.78, 5) is 0. The van der Waals surface area contributed by atoms with Gasteiger partial charge in [-0.1, -0.05) is 0 Å². The Hall–Kier alpha value is -0.290. The number of hydrogen-bond acceptors (Lipinski definition) is 2. The summed E-state index contributed by atoms with van der Waals surface area (Å²) < 4.78 is 38.3. The van der Waals surface area contributed by atoms with Crippen LogP contribution in [0.5, 0.6) is 0 Å². The van der Waals surface area contributed by atoms with Crippen LogP contribution in [-0.2, 0) is 4.74 Å². The second-order valence-corrected chi connectivity index (χ2v) is 2.69. The highest BCUT2D eigenvalue weighted by atomic mass is 19.4. The van der Waals surface area contributed by atoms with E-state index >= 15 is 0 Å². The van der Waals surface area contributed by atoms with E-state index in [-0.39, 0.29) is 13.2 Å². The third-order valence-electron chi connectivity index (χ3n) is 1.40. The summed E-state index contributed by atoms with van der Waals surface area (Å²) in [5.74, 6) is 0. The Morgan fingerprint density at radius 3 is 2.36 bits per heavy atom. The lowest BCUT2D eigenvalue weighted by Gasteiger charge is -2.09. The largest absolute Gasteiger partial charge is 0.417 e. The Bertz CT molecular complexity index is 134. The molecule has 1 rings (SSSR count). The summed E-state index contributed by atoms with van der Waals surface area (Å²) in [6.07, 6.45) is -3.36. The predicted molar refractivity (Wildman–Crippen MR) is 30.5 cm³/mol. The van der Waals surface area contributed by atoms with Crippen LogP contribution in [0.15, 0.2) is 0 Å². The lowest BCUT2D eigenvalue weighted by molar-refractivity contribution is -0.144. The SMILES string of the molecule is OC1(CO[CH]C(F)(F)F)CC1. The van der Waals surface area contributed by atoms with Crippen molar-refractivity contribution in [1.82, 2.24) is 0 Å². The molecular formula is C6H8F3O2. The average Bonchev–Trinajstić information content (AvgIpc) is 2.44. The first-order valence-corrected chi connectivity index (χ1v) is 3.16. The van der Waals surface area contributed by atoms with Crippen LogP contribution in [0, 0.1) is 6.61 Å². The Balaban J connectivity index is 2.05. The molecule has 0 aromatic carbocycles. The first-order chi connectivity index (χ1) is 4.91. The standard InChI is InChI=1S/C6H8F3O2/c7-6(8,9)4-11-3-5(10)1-2-5/h4,10H,1-3H2. The molecule has 1 radical (unpaired) electrons. The van der Waals surface area contributed by atoms with Crippen LogP contribution >= 0.6 is 0 Å². The van der Waals surface area contributed by atoms with Gasteiger partial charge < -0.3 is 9.84 Å². The van der Waals surface area contributed by atoms with Gasteiger partial charge in [0, 0.05) is 0 Å². The van der Waals surface area contributed by atoms with Crippen molar-refractivity contribution in [3.63, 3.8) is 0 Å². The van der Waals surface area contributed by atoms with Crippen LogP contribution in [0.3, 0.4) is 0 Å². The molecule has 11 heavy (non-hydrogen) atoms. The summed E-state index contributed by atoms with van der Waals surface area (Å²) >= 11 is 0. The predicted octanol–water partition coefficient (Wildman–Crippen LogP) is 1.25. The van der Waals surface area contributed by atoms with Crippen LogP contribution in [-0.4, -0.2) is 23.5 Å². The molecule has 1 N–H and O–H groups in total. The van der Waals surface area contributed by atoms with Crippen LogP contribution < -0.4 is 0 Å². The number of alkyl halides is 3. The maximum absolute atomic E-state index is 11.4. The fourth-order valence-electron chi connectivity index (χ4n) is 0.580. The molecule has 0 atom stereocenters. The monoisotopic (exact) mass is 169 g/mol. The zero-order valence-electron chi connectivity index (χ0n) is 5.69. The Morgan fingerprint density at radius 2 is 2.00 bits per heavy atom. The number of ether oxygens (including phenoxy) is 1. The smallest absolute Gasteiger partial charge is 0.387 e. The van der Waals surface area contributed by atoms with Gasteiger partial charge in [-0.25, -0.2) is 0 Å². The zero-order chi connectivity index (χ0) is 8.54. The minimum absolute atomic E-state index is 0.205. The van der Waals surface area contributed by atoms with Crippen LogP contribution in [0.2, 0.25) is 0 Å². The van der Waals surface area contributed by atoms with Crippen molar-refractivity contribution >= 4 is 0 Å². The first kappa shape index (κ1) is 8.80. The Labute approximate surface area is 62.0 Å². The molecule has 5 heteroatoms. The molecule has 0 aliphatic heterocycles. The van der Waals surface area contributed by atoms with E-state index in [1.807, 2.05) is 0 Å². The van der Waals surface area contributed by atoms with E-state index in [2.05, 4.69) is 4.74 Å². The lowest BCUT2D eigenvalue weighted by atomic mass is 10.4. The number of halogens is 3. The lowest BCUT2D eigenvalue weighted by Crippen LogP contribution is -2.19. The van der Waals surface area contributed by atoms with Crippen molar-refractivity contribution in [2.45, 2.75) is 24.6 Å². The van der Waals surface area contributed by atoms with Gasteiger partial charge in [0.1, 0.15) is 0 Å². The molecule has 1 saturated carbocycles. The van der Waals surface area contributed by atoms with E-state index in [0.717, 1.165) is 0 Å². The second-order valence-electron chi connectivity index (χ2n) is 2.69. The molecular weight excluding hydrogens is 161 g/mol. The molecule has 0 bridgehead atoms. The van der Waals surface area contributed by atoms with Crippen molar-refractivity contribution in [3.8, 4) is 0 Å². The van der Waals surface area contributed by atoms with E-state index in [1.165, 1.54) is 0 Å². The molecule has 2 nitrogen and oxygen atoms in total. The first-order valence-electron chi connectivity index (χ1n) is 3.16. The summed E-state index contributed by atoms with van der Waals surface area (Å²) in [7, 11) is 0. The van der Waals surface area contributed by atoms with Crippen LogP contribution in [0.25, 0.3) is 0 Å². The maximum Gasteiger partial charge on any atom is 0.417 e. The molecule has 0 heterocycles. The van der Waals surface area contributed by atoms with E-state index in [4.69, 9.17) is 5.11 Å². The Kier molecular flexibility index (Phi) is 2.11. The van der Waals surface area contributed by atoms with Crippen molar-refractivity contribution < 1.29 is 23.0 Å². The second kappa shape index (κ2) is 2.64. The number of rotatable bonds is 3. The van der Waals surface area contributed by atoms with Gasteiger partial charge in [0.05, 0.1) is 12.2 Å². The van der Waals surface area contributed by atoms with Crippen LogP contribution in [0.1, 0.15) is 12.8 Å². The molecule has 0 spiro atoms. The van der Waals surface area contributed by atoms with Gasteiger partial charge in [0.25, 0.3) is 0 Å². The van der Waals surface area contributed by atoms with Gasteiger partial charge in [-0.2, -0.15) is 13.2 Å². The number of hydrogen-bond donors (Lipinski definition) is 1. The van der Waals surface area contributed by atoms with Gasteiger partial charge in [-0.05, 0) is 12.8 Å². The zero-order valence-corrected chi connectivity index (χ0v) is 5.69. The quantitative estimate of drug-likeness (QED) is 0.689. The maximum atomic E-state index is 11.4. The van der Waals surface area contributed by atoms with Gasteiger partial charge in [0.15, 0.2) is 6.61 Å². The van der Waals surface area contributed by atoms with Gasteiger partial charge in [-0.3, -0.25) is 0 Å². The average molecular weight is 169 g/mol. The van der Waals surface area contributed by atoms with Gasteiger partial charge in [0.2, 0.25) is 0 Å². The highest BCUT2D eigenvalue weighted by molar-refractivity contribution is 4.93. The normalized spacial score (nSPS) is 21.8. The fraction of sp³-hybridized carbons (Fsp3) is 0.833. The Morgan fingerprint density at radius 1 is 1.45 bits per heavy atom. The van der Waals surface area contributed by atoms with Crippen molar-refractivity contribution in [1.29, 1.82) is 0 Å². The third-order valence-corrected chi connectivity index (χ3v) is 1.40. The molecule has 0 amide bonds. The van der Waals surface area contributed by atoms with Gasteiger partial charge >= 0.3 is 6.18 Å². The minimum atomic E-state index is -4.41. The molecule has 1 fully saturated rings. The highest BCUT2D eigenvalue weighted by Gasteiger charge is 2.41. The van der Waals surface area contributed by atoms with E-state index in [1.54, 1.807) is 0 Å².